The number of carbonyl (C=O) groups excluding carboxylic acids is 1. The van der Waals surface area contributed by atoms with Gasteiger partial charge in [-0.15, -0.1) is 0 Å². The van der Waals surface area contributed by atoms with Crippen molar-refractivity contribution in [1.29, 1.82) is 0 Å². The number of hydrogen-bond acceptors (Lipinski definition) is 2. The van der Waals surface area contributed by atoms with Crippen molar-refractivity contribution in [2.75, 3.05) is 11.9 Å². The minimum Gasteiger partial charge on any atom is -0.325 e. The Labute approximate surface area is 114 Å². The monoisotopic (exact) mass is 258 g/mol. The van der Waals surface area contributed by atoms with Crippen molar-refractivity contribution in [2.24, 2.45) is 5.41 Å². The summed E-state index contributed by atoms with van der Waals surface area (Å²) < 4.78 is 0. The highest BCUT2D eigenvalue weighted by Crippen LogP contribution is 2.38. The highest BCUT2D eigenvalue weighted by atomic mass is 16.2. The summed E-state index contributed by atoms with van der Waals surface area (Å²) in [6, 6.07) is 6.25. The molecule has 1 aromatic rings. The van der Waals surface area contributed by atoms with Crippen molar-refractivity contribution in [3.63, 3.8) is 0 Å². The van der Waals surface area contributed by atoms with Crippen LogP contribution in [0.5, 0.6) is 0 Å². The molecule has 0 aromatic heterocycles. The second kappa shape index (κ2) is 4.97. The third-order valence-corrected chi connectivity index (χ3v) is 4.65. The maximum atomic E-state index is 12.5. The van der Waals surface area contributed by atoms with Crippen LogP contribution in [0.25, 0.3) is 0 Å². The number of carbonyl (C=O) groups is 1. The number of rotatable bonds is 2. The van der Waals surface area contributed by atoms with Crippen molar-refractivity contribution in [3.05, 3.63) is 29.3 Å². The van der Waals surface area contributed by atoms with E-state index in [0.29, 0.717) is 0 Å². The van der Waals surface area contributed by atoms with Gasteiger partial charge in [0.1, 0.15) is 0 Å². The Morgan fingerprint density at radius 1 is 1.32 bits per heavy atom. The van der Waals surface area contributed by atoms with Crippen molar-refractivity contribution in [3.8, 4) is 0 Å². The molecule has 102 valence electrons. The molecule has 1 heterocycles. The van der Waals surface area contributed by atoms with Gasteiger partial charge in [0.15, 0.2) is 0 Å². The average molecular weight is 258 g/mol. The topological polar surface area (TPSA) is 41.1 Å². The largest absolute Gasteiger partial charge is 0.325 e. The van der Waals surface area contributed by atoms with E-state index in [9.17, 15) is 4.79 Å². The maximum Gasteiger partial charge on any atom is 0.230 e. The third kappa shape index (κ3) is 2.39. The van der Waals surface area contributed by atoms with E-state index < -0.39 is 0 Å². The van der Waals surface area contributed by atoms with Gasteiger partial charge in [0, 0.05) is 17.6 Å². The lowest BCUT2D eigenvalue weighted by Gasteiger charge is -2.25. The van der Waals surface area contributed by atoms with Crippen molar-refractivity contribution in [1.82, 2.24) is 5.32 Å². The van der Waals surface area contributed by atoms with Gasteiger partial charge in [0.2, 0.25) is 5.91 Å². The number of anilines is 1. The molecule has 19 heavy (non-hydrogen) atoms. The van der Waals surface area contributed by atoms with Crippen molar-refractivity contribution < 1.29 is 4.79 Å². The molecule has 1 saturated carbocycles. The van der Waals surface area contributed by atoms with Crippen LogP contribution in [-0.2, 0) is 17.8 Å². The summed E-state index contributed by atoms with van der Waals surface area (Å²) in [6.07, 6.45) is 5.45. The fraction of sp³-hybridized carbons (Fsp3) is 0.562. The quantitative estimate of drug-likeness (QED) is 0.856. The Bertz CT molecular complexity index is 490. The molecule has 0 atom stereocenters. The predicted molar refractivity (Wildman–Crippen MR) is 77.1 cm³/mol. The smallest absolute Gasteiger partial charge is 0.230 e. The minimum atomic E-state index is -0.162. The first-order chi connectivity index (χ1) is 9.19. The zero-order chi connectivity index (χ0) is 13.3. The number of fused-ring (bicyclic) bond motifs is 1. The lowest BCUT2D eigenvalue weighted by Crippen LogP contribution is -2.32. The van der Waals surface area contributed by atoms with E-state index >= 15 is 0 Å². The van der Waals surface area contributed by atoms with Gasteiger partial charge in [-0.3, -0.25) is 4.79 Å². The molecule has 0 spiro atoms. The molecule has 0 saturated heterocycles. The number of benzene rings is 1. The highest BCUT2D eigenvalue weighted by Gasteiger charge is 2.36. The zero-order valence-corrected chi connectivity index (χ0v) is 11.6. The van der Waals surface area contributed by atoms with E-state index in [1.165, 1.54) is 24.0 Å². The van der Waals surface area contributed by atoms with Crippen LogP contribution >= 0.6 is 0 Å². The SMILES string of the molecule is CC1(C(=O)Nc2cccc3c2CNCC3)CCCC1. The summed E-state index contributed by atoms with van der Waals surface area (Å²) in [5.74, 6) is 0.198. The molecule has 2 aliphatic rings. The summed E-state index contributed by atoms with van der Waals surface area (Å²) >= 11 is 0. The van der Waals surface area contributed by atoms with Gasteiger partial charge >= 0.3 is 0 Å². The third-order valence-electron chi connectivity index (χ3n) is 4.65. The van der Waals surface area contributed by atoms with E-state index in [-0.39, 0.29) is 11.3 Å². The normalized spacial score (nSPS) is 20.9. The lowest BCUT2D eigenvalue weighted by molar-refractivity contribution is -0.124. The number of nitrogens with one attached hydrogen (secondary N) is 2. The summed E-state index contributed by atoms with van der Waals surface area (Å²) in [5, 5.41) is 6.56. The Morgan fingerprint density at radius 3 is 2.89 bits per heavy atom. The molecule has 2 N–H and O–H groups in total. The Morgan fingerprint density at radius 2 is 2.11 bits per heavy atom. The van der Waals surface area contributed by atoms with E-state index in [4.69, 9.17) is 0 Å². The van der Waals surface area contributed by atoms with E-state index in [1.54, 1.807) is 0 Å². The van der Waals surface area contributed by atoms with Gasteiger partial charge in [-0.1, -0.05) is 31.9 Å². The molecule has 1 aromatic carbocycles. The van der Waals surface area contributed by atoms with Crippen LogP contribution in [0, 0.1) is 5.41 Å². The van der Waals surface area contributed by atoms with Crippen LogP contribution in [0.3, 0.4) is 0 Å². The lowest BCUT2D eigenvalue weighted by atomic mass is 9.87. The second-order valence-corrected chi connectivity index (χ2v) is 6.09. The first-order valence-electron chi connectivity index (χ1n) is 7.32. The molecule has 3 rings (SSSR count). The van der Waals surface area contributed by atoms with Crippen LogP contribution in [-0.4, -0.2) is 12.5 Å². The summed E-state index contributed by atoms with van der Waals surface area (Å²) in [7, 11) is 0. The molecule has 3 nitrogen and oxygen atoms in total. The standard InChI is InChI=1S/C16H22N2O/c1-16(8-2-3-9-16)15(19)18-14-6-4-5-12-7-10-17-11-13(12)14/h4-6,17H,2-3,7-11H2,1H3,(H,18,19). The van der Waals surface area contributed by atoms with Crippen LogP contribution < -0.4 is 10.6 Å². The summed E-state index contributed by atoms with van der Waals surface area (Å²) in [6.45, 7) is 3.99. The van der Waals surface area contributed by atoms with Gasteiger partial charge in [0.25, 0.3) is 0 Å². The Kier molecular flexibility index (Phi) is 3.31. The average Bonchev–Trinajstić information content (AvgIpc) is 2.87. The van der Waals surface area contributed by atoms with Crippen LogP contribution in [0.15, 0.2) is 18.2 Å². The molecule has 1 aliphatic carbocycles. The predicted octanol–water partition coefficient (Wildman–Crippen LogP) is 2.85. The number of hydrogen-bond donors (Lipinski definition) is 2. The molecular weight excluding hydrogens is 236 g/mol. The zero-order valence-electron chi connectivity index (χ0n) is 11.6. The van der Waals surface area contributed by atoms with Crippen LogP contribution in [0.4, 0.5) is 5.69 Å². The second-order valence-electron chi connectivity index (χ2n) is 6.09. The van der Waals surface area contributed by atoms with Crippen molar-refractivity contribution >= 4 is 11.6 Å². The first-order valence-corrected chi connectivity index (χ1v) is 7.32. The van der Waals surface area contributed by atoms with E-state index in [0.717, 1.165) is 38.0 Å². The fourth-order valence-electron chi connectivity index (χ4n) is 3.29. The van der Waals surface area contributed by atoms with Gasteiger partial charge in [-0.25, -0.2) is 0 Å². The molecule has 0 radical (unpaired) electrons. The summed E-state index contributed by atoms with van der Waals surface area (Å²) in [4.78, 5) is 12.5. The Hall–Kier alpha value is -1.35. The fourth-order valence-corrected chi connectivity index (χ4v) is 3.29. The molecule has 0 bridgehead atoms. The molecule has 1 fully saturated rings. The molecular formula is C16H22N2O. The van der Waals surface area contributed by atoms with Crippen LogP contribution in [0.1, 0.15) is 43.7 Å². The molecule has 1 aliphatic heterocycles. The van der Waals surface area contributed by atoms with Crippen LogP contribution in [0.2, 0.25) is 0 Å². The molecule has 1 amide bonds. The minimum absolute atomic E-state index is 0.162. The Balaban J connectivity index is 1.82. The van der Waals surface area contributed by atoms with Gasteiger partial charge in [-0.2, -0.15) is 0 Å². The van der Waals surface area contributed by atoms with Gasteiger partial charge < -0.3 is 10.6 Å². The molecule has 3 heteroatoms. The highest BCUT2D eigenvalue weighted by molar-refractivity contribution is 5.96. The number of amides is 1. The first kappa shape index (κ1) is 12.7. The van der Waals surface area contributed by atoms with E-state index in [1.807, 2.05) is 6.07 Å². The van der Waals surface area contributed by atoms with Gasteiger partial charge in [0.05, 0.1) is 0 Å². The maximum absolute atomic E-state index is 12.5. The summed E-state index contributed by atoms with van der Waals surface area (Å²) in [5.41, 5.74) is 3.48. The van der Waals surface area contributed by atoms with E-state index in [2.05, 4.69) is 29.7 Å². The van der Waals surface area contributed by atoms with Crippen molar-refractivity contribution in [2.45, 2.75) is 45.6 Å². The van der Waals surface area contributed by atoms with Gasteiger partial charge in [-0.05, 0) is 43.0 Å². The molecule has 0 unspecified atom stereocenters.